The van der Waals surface area contributed by atoms with Gasteiger partial charge in [-0.3, -0.25) is 0 Å². The molecule has 1 aromatic carbocycles. The number of rotatable bonds is 7. The molecule has 1 N–H and O–H groups in total. The molecule has 0 saturated heterocycles. The van der Waals surface area contributed by atoms with Gasteiger partial charge in [-0.25, -0.2) is 9.78 Å². The van der Waals surface area contributed by atoms with Crippen molar-refractivity contribution in [1.82, 2.24) is 9.55 Å². The summed E-state index contributed by atoms with van der Waals surface area (Å²) in [7, 11) is 0. The Morgan fingerprint density at radius 2 is 2.20 bits per heavy atom. The summed E-state index contributed by atoms with van der Waals surface area (Å²) in [5.74, 6) is -0.939. The molecule has 20 heavy (non-hydrogen) atoms. The second kappa shape index (κ2) is 6.52. The first-order chi connectivity index (χ1) is 9.59. The monoisotopic (exact) mass is 276 g/mol. The molecule has 0 aliphatic heterocycles. The molecule has 108 valence electrons. The highest BCUT2D eigenvalue weighted by Crippen LogP contribution is 2.18. The molecule has 0 unspecified atom stereocenters. The lowest BCUT2D eigenvalue weighted by Gasteiger charge is -2.08. The summed E-state index contributed by atoms with van der Waals surface area (Å²) in [6.45, 7) is 5.62. The fourth-order valence-electron chi connectivity index (χ4n) is 2.14. The van der Waals surface area contributed by atoms with Crippen molar-refractivity contribution in [2.75, 3.05) is 6.61 Å². The van der Waals surface area contributed by atoms with Crippen LogP contribution in [0.25, 0.3) is 11.0 Å². The fourth-order valence-corrected chi connectivity index (χ4v) is 2.14. The van der Waals surface area contributed by atoms with E-state index in [1.54, 1.807) is 18.5 Å². The van der Waals surface area contributed by atoms with Crippen molar-refractivity contribution in [1.29, 1.82) is 0 Å². The minimum absolute atomic E-state index is 0.254. The van der Waals surface area contributed by atoms with Crippen molar-refractivity contribution >= 4 is 17.0 Å². The lowest BCUT2D eigenvalue weighted by molar-refractivity contribution is 0.0698. The highest BCUT2D eigenvalue weighted by Gasteiger charge is 2.11. The van der Waals surface area contributed by atoms with Crippen LogP contribution in [0.1, 0.15) is 37.0 Å². The first-order valence-electron chi connectivity index (χ1n) is 6.88. The first-order valence-corrected chi connectivity index (χ1v) is 6.88. The van der Waals surface area contributed by atoms with Crippen LogP contribution in [0.5, 0.6) is 0 Å². The van der Waals surface area contributed by atoms with Crippen LogP contribution in [0, 0.1) is 0 Å². The van der Waals surface area contributed by atoms with Gasteiger partial charge in [-0.1, -0.05) is 6.07 Å². The molecule has 0 spiro atoms. The topological polar surface area (TPSA) is 64.4 Å². The van der Waals surface area contributed by atoms with Gasteiger partial charge < -0.3 is 14.4 Å². The Morgan fingerprint density at radius 1 is 1.40 bits per heavy atom. The molecule has 0 atom stereocenters. The van der Waals surface area contributed by atoms with Gasteiger partial charge in [0.05, 0.1) is 23.5 Å². The smallest absolute Gasteiger partial charge is 0.337 e. The molecule has 0 radical (unpaired) electrons. The summed E-state index contributed by atoms with van der Waals surface area (Å²) in [4.78, 5) is 15.3. The van der Waals surface area contributed by atoms with Gasteiger partial charge in [-0.05, 0) is 38.8 Å². The van der Waals surface area contributed by atoms with Crippen molar-refractivity contribution in [2.45, 2.75) is 39.3 Å². The van der Waals surface area contributed by atoms with Crippen molar-refractivity contribution in [3.8, 4) is 0 Å². The predicted octanol–water partition coefficient (Wildman–Crippen LogP) is 2.94. The summed E-state index contributed by atoms with van der Waals surface area (Å²) in [5.41, 5.74) is 1.68. The van der Waals surface area contributed by atoms with E-state index in [1.807, 2.05) is 24.5 Å². The lowest BCUT2D eigenvalue weighted by Crippen LogP contribution is -2.05. The first kappa shape index (κ1) is 14.5. The molecule has 5 nitrogen and oxygen atoms in total. The number of carboxylic acids is 1. The molecular formula is C15H20N2O3. The number of nitrogens with zero attached hydrogens (tertiary/aromatic N) is 2. The number of aryl methyl sites for hydroxylation is 1. The molecule has 2 aromatic rings. The van der Waals surface area contributed by atoms with E-state index in [2.05, 4.69) is 4.98 Å². The molecule has 0 aliphatic carbocycles. The van der Waals surface area contributed by atoms with Crippen LogP contribution in [0.3, 0.4) is 0 Å². The SMILES string of the molecule is CC(C)OCCCCn1cnc2c(C(=O)O)cccc21. The van der Waals surface area contributed by atoms with Gasteiger partial charge >= 0.3 is 5.97 Å². The second-order valence-corrected chi connectivity index (χ2v) is 5.04. The number of aromatic nitrogens is 2. The van der Waals surface area contributed by atoms with E-state index < -0.39 is 5.97 Å². The van der Waals surface area contributed by atoms with E-state index in [4.69, 9.17) is 9.84 Å². The highest BCUT2D eigenvalue weighted by atomic mass is 16.5. The van der Waals surface area contributed by atoms with Crippen molar-refractivity contribution in [3.05, 3.63) is 30.1 Å². The van der Waals surface area contributed by atoms with Gasteiger partial charge in [-0.15, -0.1) is 0 Å². The molecule has 0 bridgehead atoms. The summed E-state index contributed by atoms with van der Waals surface area (Å²) < 4.78 is 7.49. The van der Waals surface area contributed by atoms with Crippen molar-refractivity contribution in [3.63, 3.8) is 0 Å². The number of carboxylic acid groups (broad SMARTS) is 1. The fraction of sp³-hybridized carbons (Fsp3) is 0.467. The number of hydrogen-bond donors (Lipinski definition) is 1. The number of para-hydroxylation sites is 1. The van der Waals surface area contributed by atoms with Crippen LogP contribution in [0.15, 0.2) is 24.5 Å². The number of benzene rings is 1. The third-order valence-corrected chi connectivity index (χ3v) is 3.13. The number of hydrogen-bond acceptors (Lipinski definition) is 3. The van der Waals surface area contributed by atoms with E-state index in [0.717, 1.165) is 31.5 Å². The number of carbonyl (C=O) groups is 1. The number of ether oxygens (including phenoxy) is 1. The van der Waals surface area contributed by atoms with Crippen LogP contribution in [-0.4, -0.2) is 33.3 Å². The lowest BCUT2D eigenvalue weighted by atomic mass is 10.2. The van der Waals surface area contributed by atoms with Gasteiger partial charge in [0.25, 0.3) is 0 Å². The largest absolute Gasteiger partial charge is 0.478 e. The van der Waals surface area contributed by atoms with Crippen LogP contribution >= 0.6 is 0 Å². The zero-order valence-electron chi connectivity index (χ0n) is 11.9. The maximum atomic E-state index is 11.1. The standard InChI is InChI=1S/C15H20N2O3/c1-11(2)20-9-4-3-8-17-10-16-14-12(15(18)19)6-5-7-13(14)17/h5-7,10-11H,3-4,8-9H2,1-2H3,(H,18,19). The minimum Gasteiger partial charge on any atom is -0.478 e. The molecular weight excluding hydrogens is 256 g/mol. The predicted molar refractivity (Wildman–Crippen MR) is 77.0 cm³/mol. The molecule has 0 amide bonds. The van der Waals surface area contributed by atoms with Crippen molar-refractivity contribution in [2.24, 2.45) is 0 Å². The van der Waals surface area contributed by atoms with E-state index >= 15 is 0 Å². The molecule has 0 aliphatic rings. The Morgan fingerprint density at radius 3 is 2.90 bits per heavy atom. The van der Waals surface area contributed by atoms with Gasteiger partial charge in [0.1, 0.15) is 5.52 Å². The van der Waals surface area contributed by atoms with Crippen LogP contribution < -0.4 is 0 Å². The number of imidazole rings is 1. The van der Waals surface area contributed by atoms with Gasteiger partial charge in [0.15, 0.2) is 0 Å². The van der Waals surface area contributed by atoms with E-state index in [0.29, 0.717) is 5.52 Å². The van der Waals surface area contributed by atoms with E-state index in [9.17, 15) is 4.79 Å². The van der Waals surface area contributed by atoms with Gasteiger partial charge in [-0.2, -0.15) is 0 Å². The number of fused-ring (bicyclic) bond motifs is 1. The highest BCUT2D eigenvalue weighted by molar-refractivity contribution is 6.00. The normalized spacial score (nSPS) is 11.3. The van der Waals surface area contributed by atoms with Crippen LogP contribution in [0.4, 0.5) is 0 Å². The molecule has 1 aromatic heterocycles. The zero-order valence-corrected chi connectivity index (χ0v) is 11.9. The Hall–Kier alpha value is -1.88. The quantitative estimate of drug-likeness (QED) is 0.790. The Balaban J connectivity index is 2.01. The minimum atomic E-state index is -0.939. The van der Waals surface area contributed by atoms with E-state index in [1.165, 1.54) is 0 Å². The Bertz CT molecular complexity index is 590. The van der Waals surface area contributed by atoms with Crippen molar-refractivity contribution < 1.29 is 14.6 Å². The van der Waals surface area contributed by atoms with Crippen LogP contribution in [-0.2, 0) is 11.3 Å². The third kappa shape index (κ3) is 3.36. The van der Waals surface area contributed by atoms with Gasteiger partial charge in [0, 0.05) is 13.2 Å². The molecule has 5 heteroatoms. The zero-order chi connectivity index (χ0) is 14.5. The Labute approximate surface area is 118 Å². The van der Waals surface area contributed by atoms with Gasteiger partial charge in [0.2, 0.25) is 0 Å². The number of unbranched alkanes of at least 4 members (excludes halogenated alkanes) is 1. The third-order valence-electron chi connectivity index (χ3n) is 3.13. The average molecular weight is 276 g/mol. The summed E-state index contributed by atoms with van der Waals surface area (Å²) in [6, 6.07) is 5.24. The molecule has 1 heterocycles. The van der Waals surface area contributed by atoms with E-state index in [-0.39, 0.29) is 11.7 Å². The maximum absolute atomic E-state index is 11.1. The second-order valence-electron chi connectivity index (χ2n) is 5.04. The summed E-state index contributed by atoms with van der Waals surface area (Å²) in [5, 5.41) is 9.12. The summed E-state index contributed by atoms with van der Waals surface area (Å²) >= 11 is 0. The molecule has 2 rings (SSSR count). The maximum Gasteiger partial charge on any atom is 0.337 e. The van der Waals surface area contributed by atoms with Crippen LogP contribution in [0.2, 0.25) is 0 Å². The number of aromatic carboxylic acids is 1. The average Bonchev–Trinajstić information content (AvgIpc) is 2.81. The molecule has 0 fully saturated rings. The Kier molecular flexibility index (Phi) is 4.74. The summed E-state index contributed by atoms with van der Waals surface area (Å²) in [6.07, 6.45) is 3.94. The molecule has 0 saturated carbocycles.